The van der Waals surface area contributed by atoms with Crippen molar-refractivity contribution in [1.82, 2.24) is 14.6 Å². The van der Waals surface area contributed by atoms with Crippen LogP contribution in [0.5, 0.6) is 5.75 Å². The van der Waals surface area contributed by atoms with E-state index in [0.717, 1.165) is 12.2 Å². The number of hydrogen-bond donors (Lipinski definition) is 0. The maximum Gasteiger partial charge on any atom is 0.164 e. The van der Waals surface area contributed by atoms with Crippen molar-refractivity contribution in [2.45, 2.75) is 18.8 Å². The molecule has 19 heavy (non-hydrogen) atoms. The summed E-state index contributed by atoms with van der Waals surface area (Å²) in [5.41, 5.74) is 0.678. The molecule has 0 N–H and O–H groups in total. The predicted octanol–water partition coefficient (Wildman–Crippen LogP) is 1.03. The molecule has 0 saturated carbocycles. The van der Waals surface area contributed by atoms with Gasteiger partial charge >= 0.3 is 0 Å². The van der Waals surface area contributed by atoms with E-state index in [1.54, 1.807) is 13.2 Å². The van der Waals surface area contributed by atoms with Crippen molar-refractivity contribution >= 4 is 15.5 Å². The number of nitrogens with zero attached hydrogens (tertiary/aromatic N) is 3. The van der Waals surface area contributed by atoms with Crippen LogP contribution in [0.15, 0.2) is 18.3 Å². The summed E-state index contributed by atoms with van der Waals surface area (Å²) in [5.74, 6) is 1.82. The number of rotatable bonds is 2. The third-order valence-electron chi connectivity index (χ3n) is 3.47. The lowest BCUT2D eigenvalue weighted by Gasteiger charge is -2.20. The molecular formula is C12H15N3O3S. The van der Waals surface area contributed by atoms with E-state index in [1.165, 1.54) is 0 Å². The van der Waals surface area contributed by atoms with Crippen LogP contribution in [0.25, 0.3) is 5.65 Å². The molecule has 6 nitrogen and oxygen atoms in total. The maximum absolute atomic E-state index is 11.7. The molecule has 0 spiro atoms. The van der Waals surface area contributed by atoms with Crippen molar-refractivity contribution in [3.63, 3.8) is 0 Å². The van der Waals surface area contributed by atoms with Crippen LogP contribution in [-0.2, 0) is 9.84 Å². The first-order valence-electron chi connectivity index (χ1n) is 6.18. The second-order valence-corrected chi connectivity index (χ2v) is 7.04. The van der Waals surface area contributed by atoms with Crippen LogP contribution < -0.4 is 4.74 Å². The molecule has 3 rings (SSSR count). The number of hydrogen-bond acceptors (Lipinski definition) is 5. The molecule has 2 aromatic heterocycles. The summed E-state index contributed by atoms with van der Waals surface area (Å²) in [5, 5.41) is 8.24. The molecule has 0 radical (unpaired) electrons. The minimum atomic E-state index is -2.95. The van der Waals surface area contributed by atoms with Crippen LogP contribution in [0.3, 0.4) is 0 Å². The van der Waals surface area contributed by atoms with Gasteiger partial charge in [0.2, 0.25) is 0 Å². The summed E-state index contributed by atoms with van der Waals surface area (Å²) in [6.07, 6.45) is 3.36. The van der Waals surface area contributed by atoms with E-state index in [2.05, 4.69) is 10.2 Å². The Morgan fingerprint density at radius 3 is 3.00 bits per heavy atom. The minimum absolute atomic E-state index is 0.0675. The van der Waals surface area contributed by atoms with Crippen LogP contribution >= 0.6 is 0 Å². The van der Waals surface area contributed by atoms with Crippen LogP contribution in [-0.4, -0.2) is 41.6 Å². The average molecular weight is 281 g/mol. The number of methoxy groups -OCH3 is 1. The molecule has 0 aromatic carbocycles. The third kappa shape index (κ3) is 2.30. The largest absolute Gasteiger partial charge is 0.497 e. The van der Waals surface area contributed by atoms with E-state index in [4.69, 9.17) is 4.74 Å². The Balaban J connectivity index is 2.01. The maximum atomic E-state index is 11.7. The quantitative estimate of drug-likeness (QED) is 0.822. The smallest absolute Gasteiger partial charge is 0.164 e. The van der Waals surface area contributed by atoms with Crippen LogP contribution in [0.2, 0.25) is 0 Å². The molecule has 1 fully saturated rings. The van der Waals surface area contributed by atoms with Gasteiger partial charge in [0.05, 0.1) is 18.6 Å². The zero-order chi connectivity index (χ0) is 13.5. The Kier molecular flexibility index (Phi) is 2.93. The van der Waals surface area contributed by atoms with Gasteiger partial charge < -0.3 is 4.74 Å². The van der Waals surface area contributed by atoms with E-state index in [1.807, 2.05) is 16.7 Å². The third-order valence-corrected chi connectivity index (χ3v) is 5.29. The molecule has 1 aliphatic rings. The van der Waals surface area contributed by atoms with E-state index >= 15 is 0 Å². The van der Waals surface area contributed by atoms with Gasteiger partial charge in [-0.1, -0.05) is 0 Å². The highest BCUT2D eigenvalue weighted by Gasteiger charge is 2.29. The Labute approximate surface area is 111 Å². The number of fused-ring (bicyclic) bond motifs is 1. The van der Waals surface area contributed by atoms with Crippen molar-refractivity contribution in [3.8, 4) is 5.75 Å². The molecule has 0 bridgehead atoms. The molecule has 1 saturated heterocycles. The lowest BCUT2D eigenvalue weighted by molar-refractivity contribution is 0.414. The first-order chi connectivity index (χ1) is 9.09. The normalized spacial score (nSPS) is 22.5. The molecule has 102 valence electrons. The van der Waals surface area contributed by atoms with E-state index in [9.17, 15) is 8.42 Å². The zero-order valence-corrected chi connectivity index (χ0v) is 11.4. The first-order valence-corrected chi connectivity index (χ1v) is 8.00. The van der Waals surface area contributed by atoms with Crippen molar-refractivity contribution in [2.24, 2.45) is 0 Å². The van der Waals surface area contributed by atoms with Crippen molar-refractivity contribution in [2.75, 3.05) is 18.6 Å². The zero-order valence-electron chi connectivity index (χ0n) is 10.6. The molecule has 2 aromatic rings. The van der Waals surface area contributed by atoms with Gasteiger partial charge in [-0.2, -0.15) is 0 Å². The monoisotopic (exact) mass is 281 g/mol. The van der Waals surface area contributed by atoms with Gasteiger partial charge in [-0.05, 0) is 18.9 Å². The second-order valence-electron chi connectivity index (χ2n) is 4.81. The molecule has 1 aliphatic heterocycles. The number of pyridine rings is 1. The summed E-state index contributed by atoms with van der Waals surface area (Å²) in [4.78, 5) is 0. The van der Waals surface area contributed by atoms with Gasteiger partial charge in [-0.15, -0.1) is 10.2 Å². The van der Waals surface area contributed by atoms with Crippen LogP contribution in [0.4, 0.5) is 0 Å². The van der Waals surface area contributed by atoms with Gasteiger partial charge in [-0.25, -0.2) is 8.42 Å². The van der Waals surface area contributed by atoms with Gasteiger partial charge in [-0.3, -0.25) is 4.40 Å². The Hall–Kier alpha value is -1.63. The Morgan fingerprint density at radius 2 is 2.26 bits per heavy atom. The summed E-state index contributed by atoms with van der Waals surface area (Å²) in [6.45, 7) is 0. The summed E-state index contributed by atoms with van der Waals surface area (Å²) >= 11 is 0. The van der Waals surface area contributed by atoms with Gasteiger partial charge in [0, 0.05) is 18.2 Å². The molecule has 3 heterocycles. The fourth-order valence-corrected chi connectivity index (χ4v) is 4.22. The lowest BCUT2D eigenvalue weighted by atomic mass is 10.1. The van der Waals surface area contributed by atoms with Gasteiger partial charge in [0.1, 0.15) is 11.6 Å². The lowest BCUT2D eigenvalue weighted by Crippen LogP contribution is -2.25. The van der Waals surface area contributed by atoms with Gasteiger partial charge in [0.15, 0.2) is 15.5 Å². The SMILES string of the molecule is COc1ccn2c(C3CCCS(=O)(=O)C3)nnc2c1. The first kappa shape index (κ1) is 12.4. The average Bonchev–Trinajstić information content (AvgIpc) is 2.80. The van der Waals surface area contributed by atoms with Crippen LogP contribution in [0, 0.1) is 0 Å². The molecule has 1 unspecified atom stereocenters. The predicted molar refractivity (Wildman–Crippen MR) is 70.2 cm³/mol. The van der Waals surface area contributed by atoms with E-state index < -0.39 is 9.84 Å². The minimum Gasteiger partial charge on any atom is -0.497 e. The topological polar surface area (TPSA) is 73.6 Å². The van der Waals surface area contributed by atoms with Crippen molar-refractivity contribution in [3.05, 3.63) is 24.2 Å². The molecule has 0 amide bonds. The molecule has 7 heteroatoms. The standard InChI is InChI=1S/C12H15N3O3S/c1-18-10-4-5-15-11(7-10)13-14-12(15)9-3-2-6-19(16,17)8-9/h4-5,7,9H,2-3,6,8H2,1H3. The second kappa shape index (κ2) is 4.48. The fraction of sp³-hybridized carbons (Fsp3) is 0.500. The highest BCUT2D eigenvalue weighted by Crippen LogP contribution is 2.28. The Bertz CT molecular complexity index is 708. The molecule has 0 aliphatic carbocycles. The molecular weight excluding hydrogens is 266 g/mol. The number of sulfone groups is 1. The highest BCUT2D eigenvalue weighted by molar-refractivity contribution is 7.91. The highest BCUT2D eigenvalue weighted by atomic mass is 32.2. The summed E-state index contributed by atoms with van der Waals surface area (Å²) < 4.78 is 30.4. The number of ether oxygens (including phenoxy) is 1. The van der Waals surface area contributed by atoms with Crippen molar-refractivity contribution < 1.29 is 13.2 Å². The summed E-state index contributed by atoms with van der Waals surface area (Å²) in [7, 11) is -1.35. The Morgan fingerprint density at radius 1 is 1.42 bits per heavy atom. The van der Waals surface area contributed by atoms with E-state index in [0.29, 0.717) is 17.8 Å². The van der Waals surface area contributed by atoms with Crippen molar-refractivity contribution in [1.29, 1.82) is 0 Å². The van der Waals surface area contributed by atoms with Gasteiger partial charge in [0.25, 0.3) is 0 Å². The molecule has 1 atom stereocenters. The number of aromatic nitrogens is 3. The van der Waals surface area contributed by atoms with E-state index in [-0.39, 0.29) is 17.4 Å². The van der Waals surface area contributed by atoms with Crippen LogP contribution in [0.1, 0.15) is 24.6 Å². The summed E-state index contributed by atoms with van der Waals surface area (Å²) in [6, 6.07) is 3.60. The fourth-order valence-electron chi connectivity index (χ4n) is 2.52.